The largest absolute Gasteiger partial charge is 0.334 e. The molecular formula is C12H16N2O. The van der Waals surface area contributed by atoms with Crippen molar-refractivity contribution in [2.45, 2.75) is 18.9 Å². The van der Waals surface area contributed by atoms with E-state index in [0.29, 0.717) is 6.54 Å². The second-order valence-corrected chi connectivity index (χ2v) is 3.90. The molecule has 0 bridgehead atoms. The van der Waals surface area contributed by atoms with Crippen molar-refractivity contribution in [3.8, 4) is 0 Å². The minimum Gasteiger partial charge on any atom is -0.334 e. The Kier molecular flexibility index (Phi) is 3.02. The summed E-state index contributed by atoms with van der Waals surface area (Å²) in [5.41, 5.74) is 6.41. The SMILES string of the molecule is NC[C@H]1CCCN1C(=O)c1ccccc1. The van der Waals surface area contributed by atoms with Crippen LogP contribution >= 0.6 is 0 Å². The summed E-state index contributed by atoms with van der Waals surface area (Å²) in [6.07, 6.45) is 2.11. The first-order valence-electron chi connectivity index (χ1n) is 5.39. The molecule has 2 N–H and O–H groups in total. The van der Waals surface area contributed by atoms with Gasteiger partial charge in [-0.15, -0.1) is 0 Å². The number of carbonyl (C=O) groups is 1. The standard InChI is InChI=1S/C12H16N2O/c13-9-11-7-4-8-14(11)12(15)10-5-2-1-3-6-10/h1-3,5-6,11H,4,7-9,13H2/t11-/m1/s1. The Hall–Kier alpha value is -1.35. The van der Waals surface area contributed by atoms with E-state index >= 15 is 0 Å². The van der Waals surface area contributed by atoms with Crippen LogP contribution in [0.3, 0.4) is 0 Å². The van der Waals surface area contributed by atoms with E-state index in [1.54, 1.807) is 0 Å². The van der Waals surface area contributed by atoms with E-state index in [-0.39, 0.29) is 11.9 Å². The van der Waals surface area contributed by atoms with Gasteiger partial charge in [0.05, 0.1) is 0 Å². The number of rotatable bonds is 2. The lowest BCUT2D eigenvalue weighted by molar-refractivity contribution is 0.0741. The zero-order chi connectivity index (χ0) is 10.7. The molecule has 1 amide bonds. The van der Waals surface area contributed by atoms with E-state index in [4.69, 9.17) is 5.73 Å². The van der Waals surface area contributed by atoms with Crippen LogP contribution in [0.25, 0.3) is 0 Å². The van der Waals surface area contributed by atoms with Gasteiger partial charge in [-0.25, -0.2) is 0 Å². The van der Waals surface area contributed by atoms with Crippen LogP contribution in [-0.2, 0) is 0 Å². The number of benzene rings is 1. The van der Waals surface area contributed by atoms with Gasteiger partial charge in [0.2, 0.25) is 0 Å². The summed E-state index contributed by atoms with van der Waals surface area (Å²) in [6.45, 7) is 1.41. The van der Waals surface area contributed by atoms with E-state index in [0.717, 1.165) is 24.9 Å². The maximum atomic E-state index is 12.1. The van der Waals surface area contributed by atoms with Gasteiger partial charge in [0.15, 0.2) is 0 Å². The summed E-state index contributed by atoms with van der Waals surface area (Å²) in [5.74, 6) is 0.114. The molecule has 1 heterocycles. The first-order valence-corrected chi connectivity index (χ1v) is 5.39. The highest BCUT2D eigenvalue weighted by atomic mass is 16.2. The molecule has 3 nitrogen and oxygen atoms in total. The summed E-state index contributed by atoms with van der Waals surface area (Å²) in [6, 6.07) is 9.64. The summed E-state index contributed by atoms with van der Waals surface area (Å²) < 4.78 is 0. The van der Waals surface area contributed by atoms with Gasteiger partial charge in [-0.05, 0) is 25.0 Å². The minimum absolute atomic E-state index is 0.114. The summed E-state index contributed by atoms with van der Waals surface area (Å²) >= 11 is 0. The van der Waals surface area contributed by atoms with Gasteiger partial charge < -0.3 is 10.6 Å². The molecule has 0 aromatic heterocycles. The lowest BCUT2D eigenvalue weighted by atomic mass is 10.1. The lowest BCUT2D eigenvalue weighted by Gasteiger charge is -2.23. The van der Waals surface area contributed by atoms with Crippen molar-refractivity contribution in [2.75, 3.05) is 13.1 Å². The van der Waals surface area contributed by atoms with Crippen molar-refractivity contribution in [1.82, 2.24) is 4.90 Å². The van der Waals surface area contributed by atoms with Gasteiger partial charge in [-0.1, -0.05) is 18.2 Å². The second-order valence-electron chi connectivity index (χ2n) is 3.90. The molecule has 0 saturated carbocycles. The average molecular weight is 204 g/mol. The molecule has 80 valence electrons. The number of carbonyl (C=O) groups excluding carboxylic acids is 1. The zero-order valence-electron chi connectivity index (χ0n) is 8.73. The van der Waals surface area contributed by atoms with E-state index in [9.17, 15) is 4.79 Å². The summed E-state index contributed by atoms with van der Waals surface area (Å²) in [4.78, 5) is 14.0. The number of nitrogens with two attached hydrogens (primary N) is 1. The molecule has 0 spiro atoms. The number of nitrogens with zero attached hydrogens (tertiary/aromatic N) is 1. The number of amides is 1. The Labute approximate surface area is 89.9 Å². The molecule has 1 aromatic rings. The van der Waals surface area contributed by atoms with Crippen LogP contribution in [0.1, 0.15) is 23.2 Å². The monoisotopic (exact) mass is 204 g/mol. The Balaban J connectivity index is 2.14. The van der Waals surface area contributed by atoms with Crippen LogP contribution in [0.5, 0.6) is 0 Å². The van der Waals surface area contributed by atoms with Crippen LogP contribution in [-0.4, -0.2) is 29.9 Å². The molecule has 1 aliphatic heterocycles. The maximum absolute atomic E-state index is 12.1. The molecule has 3 heteroatoms. The highest BCUT2D eigenvalue weighted by Crippen LogP contribution is 2.18. The Morgan fingerprint density at radius 3 is 2.80 bits per heavy atom. The summed E-state index contributed by atoms with van der Waals surface area (Å²) in [5, 5.41) is 0. The van der Waals surface area contributed by atoms with Crippen LogP contribution in [0.15, 0.2) is 30.3 Å². The van der Waals surface area contributed by atoms with Gasteiger partial charge in [0, 0.05) is 24.7 Å². The average Bonchev–Trinajstić information content (AvgIpc) is 2.77. The smallest absolute Gasteiger partial charge is 0.254 e. The Morgan fingerprint density at radius 2 is 2.13 bits per heavy atom. The third kappa shape index (κ3) is 2.02. The Bertz CT molecular complexity index is 337. The fraction of sp³-hybridized carbons (Fsp3) is 0.417. The number of hydrogen-bond acceptors (Lipinski definition) is 2. The molecule has 0 aliphatic carbocycles. The fourth-order valence-electron chi connectivity index (χ4n) is 2.09. The van der Waals surface area contributed by atoms with Gasteiger partial charge >= 0.3 is 0 Å². The molecule has 1 atom stereocenters. The third-order valence-electron chi connectivity index (χ3n) is 2.93. The minimum atomic E-state index is 0.114. The van der Waals surface area contributed by atoms with E-state index in [1.807, 2.05) is 35.2 Å². The zero-order valence-corrected chi connectivity index (χ0v) is 8.73. The quantitative estimate of drug-likeness (QED) is 0.788. The number of likely N-dealkylation sites (tertiary alicyclic amines) is 1. The van der Waals surface area contributed by atoms with Crippen molar-refractivity contribution >= 4 is 5.91 Å². The maximum Gasteiger partial charge on any atom is 0.254 e. The predicted octanol–water partition coefficient (Wildman–Crippen LogP) is 1.25. The molecule has 0 unspecified atom stereocenters. The van der Waals surface area contributed by atoms with Crippen LogP contribution in [0.2, 0.25) is 0 Å². The van der Waals surface area contributed by atoms with Crippen molar-refractivity contribution in [1.29, 1.82) is 0 Å². The molecule has 15 heavy (non-hydrogen) atoms. The van der Waals surface area contributed by atoms with Crippen molar-refractivity contribution in [3.63, 3.8) is 0 Å². The van der Waals surface area contributed by atoms with Crippen molar-refractivity contribution in [3.05, 3.63) is 35.9 Å². The topological polar surface area (TPSA) is 46.3 Å². The third-order valence-corrected chi connectivity index (χ3v) is 2.93. The first-order chi connectivity index (χ1) is 7.33. The van der Waals surface area contributed by atoms with Gasteiger partial charge in [0.25, 0.3) is 5.91 Å². The lowest BCUT2D eigenvalue weighted by Crippen LogP contribution is -2.39. The van der Waals surface area contributed by atoms with E-state index in [1.165, 1.54) is 0 Å². The van der Waals surface area contributed by atoms with Crippen molar-refractivity contribution in [2.24, 2.45) is 5.73 Å². The van der Waals surface area contributed by atoms with Crippen LogP contribution in [0.4, 0.5) is 0 Å². The molecule has 1 aliphatic rings. The first kappa shape index (κ1) is 10.2. The molecule has 2 rings (SSSR count). The molecule has 1 fully saturated rings. The normalized spacial score (nSPS) is 20.6. The second kappa shape index (κ2) is 4.45. The molecule has 1 saturated heterocycles. The summed E-state index contributed by atoms with van der Waals surface area (Å²) in [7, 11) is 0. The van der Waals surface area contributed by atoms with Gasteiger partial charge in [0.1, 0.15) is 0 Å². The number of hydrogen-bond donors (Lipinski definition) is 1. The molecule has 0 radical (unpaired) electrons. The van der Waals surface area contributed by atoms with Crippen LogP contribution in [0, 0.1) is 0 Å². The highest BCUT2D eigenvalue weighted by Gasteiger charge is 2.27. The van der Waals surface area contributed by atoms with Gasteiger partial charge in [-0.2, -0.15) is 0 Å². The fourth-order valence-corrected chi connectivity index (χ4v) is 2.09. The molecular weight excluding hydrogens is 188 g/mol. The van der Waals surface area contributed by atoms with Crippen molar-refractivity contribution < 1.29 is 4.79 Å². The van der Waals surface area contributed by atoms with E-state index < -0.39 is 0 Å². The highest BCUT2D eigenvalue weighted by molar-refractivity contribution is 5.94. The molecule has 1 aromatic carbocycles. The van der Waals surface area contributed by atoms with E-state index in [2.05, 4.69) is 0 Å². The Morgan fingerprint density at radius 1 is 1.40 bits per heavy atom. The van der Waals surface area contributed by atoms with Crippen LogP contribution < -0.4 is 5.73 Å². The predicted molar refractivity (Wildman–Crippen MR) is 59.6 cm³/mol. The van der Waals surface area contributed by atoms with Gasteiger partial charge in [-0.3, -0.25) is 4.79 Å².